The molecule has 0 aromatic heterocycles. The molecule has 3 nitrogen and oxygen atoms in total. The van der Waals surface area contributed by atoms with Crippen molar-refractivity contribution >= 4 is 30.1 Å². The Labute approximate surface area is 173 Å². The van der Waals surface area contributed by atoms with Crippen molar-refractivity contribution in [2.45, 2.75) is 55.8 Å². The lowest BCUT2D eigenvalue weighted by atomic mass is 10.00. The van der Waals surface area contributed by atoms with Gasteiger partial charge in [-0.2, -0.15) is 0 Å². The van der Waals surface area contributed by atoms with Crippen molar-refractivity contribution in [1.29, 1.82) is 0 Å². The molecule has 0 aliphatic carbocycles. The SMILES string of the molecule is Cc1ccc(SC(C(=O)NC2CCNC(C)C2)c2ccccc2)c(C)c1.Cl. The molecule has 0 saturated carbocycles. The molecule has 146 valence electrons. The van der Waals surface area contributed by atoms with Gasteiger partial charge in [-0.25, -0.2) is 0 Å². The lowest BCUT2D eigenvalue weighted by Gasteiger charge is -2.30. The van der Waals surface area contributed by atoms with Gasteiger partial charge in [-0.15, -0.1) is 24.2 Å². The molecule has 2 N–H and O–H groups in total. The zero-order valence-corrected chi connectivity index (χ0v) is 17.8. The first-order valence-electron chi connectivity index (χ1n) is 9.35. The van der Waals surface area contributed by atoms with Gasteiger partial charge in [-0.05, 0) is 57.4 Å². The highest BCUT2D eigenvalue weighted by Crippen LogP contribution is 2.37. The Balaban J connectivity index is 0.00000261. The Hall–Kier alpha value is -1.49. The average Bonchev–Trinajstić information content (AvgIpc) is 2.62. The molecular weight excluding hydrogens is 376 g/mol. The lowest BCUT2D eigenvalue weighted by molar-refractivity contribution is -0.121. The van der Waals surface area contributed by atoms with Gasteiger partial charge in [0.1, 0.15) is 5.25 Å². The van der Waals surface area contributed by atoms with Crippen LogP contribution in [0.1, 0.15) is 41.7 Å². The minimum Gasteiger partial charge on any atom is -0.352 e. The van der Waals surface area contributed by atoms with Crippen molar-refractivity contribution in [3.05, 3.63) is 65.2 Å². The van der Waals surface area contributed by atoms with Crippen LogP contribution in [-0.2, 0) is 4.79 Å². The van der Waals surface area contributed by atoms with E-state index in [0.29, 0.717) is 6.04 Å². The van der Waals surface area contributed by atoms with E-state index >= 15 is 0 Å². The topological polar surface area (TPSA) is 41.1 Å². The molecule has 2 aromatic carbocycles. The summed E-state index contributed by atoms with van der Waals surface area (Å²) >= 11 is 1.65. The van der Waals surface area contributed by atoms with E-state index in [1.54, 1.807) is 11.8 Å². The van der Waals surface area contributed by atoms with E-state index in [1.807, 2.05) is 30.3 Å². The van der Waals surface area contributed by atoms with Crippen LogP contribution in [0.5, 0.6) is 0 Å². The number of thioether (sulfide) groups is 1. The van der Waals surface area contributed by atoms with Gasteiger partial charge in [-0.3, -0.25) is 4.79 Å². The van der Waals surface area contributed by atoms with Gasteiger partial charge in [0, 0.05) is 17.0 Å². The fourth-order valence-corrected chi connectivity index (χ4v) is 4.61. The van der Waals surface area contributed by atoms with Crippen LogP contribution in [0.3, 0.4) is 0 Å². The number of nitrogens with one attached hydrogen (secondary N) is 2. The van der Waals surface area contributed by atoms with Crippen molar-refractivity contribution in [3.63, 3.8) is 0 Å². The maximum atomic E-state index is 13.1. The van der Waals surface area contributed by atoms with Gasteiger partial charge >= 0.3 is 0 Å². The van der Waals surface area contributed by atoms with Crippen LogP contribution in [0.4, 0.5) is 0 Å². The van der Waals surface area contributed by atoms with E-state index < -0.39 is 0 Å². The van der Waals surface area contributed by atoms with Crippen LogP contribution < -0.4 is 10.6 Å². The number of carbonyl (C=O) groups is 1. The molecule has 1 saturated heterocycles. The molecule has 3 unspecified atom stereocenters. The van der Waals surface area contributed by atoms with E-state index in [0.717, 1.165) is 24.9 Å². The summed E-state index contributed by atoms with van der Waals surface area (Å²) in [5.41, 5.74) is 3.52. The van der Waals surface area contributed by atoms with E-state index in [1.165, 1.54) is 16.0 Å². The van der Waals surface area contributed by atoms with E-state index in [4.69, 9.17) is 0 Å². The monoisotopic (exact) mass is 404 g/mol. The van der Waals surface area contributed by atoms with Gasteiger partial charge in [0.05, 0.1) is 0 Å². The largest absolute Gasteiger partial charge is 0.352 e. The van der Waals surface area contributed by atoms with Crippen LogP contribution >= 0.6 is 24.2 Å². The molecule has 1 aliphatic rings. The fraction of sp³-hybridized carbons (Fsp3) is 0.409. The number of rotatable bonds is 5. The number of benzene rings is 2. The molecule has 2 aromatic rings. The van der Waals surface area contributed by atoms with Crippen molar-refractivity contribution in [3.8, 4) is 0 Å². The molecule has 0 radical (unpaired) electrons. The predicted octanol–water partition coefficient (Wildman–Crippen LogP) is 4.82. The average molecular weight is 405 g/mol. The second-order valence-electron chi connectivity index (χ2n) is 7.26. The Morgan fingerprint density at radius 1 is 1.19 bits per heavy atom. The summed E-state index contributed by atoms with van der Waals surface area (Å²) in [6.07, 6.45) is 1.98. The zero-order valence-electron chi connectivity index (χ0n) is 16.2. The van der Waals surface area contributed by atoms with E-state index in [9.17, 15) is 4.79 Å². The summed E-state index contributed by atoms with van der Waals surface area (Å²) in [6, 6.07) is 17.2. The van der Waals surface area contributed by atoms with Crippen LogP contribution in [-0.4, -0.2) is 24.5 Å². The smallest absolute Gasteiger partial charge is 0.238 e. The highest BCUT2D eigenvalue weighted by molar-refractivity contribution is 8.00. The van der Waals surface area contributed by atoms with Crippen LogP contribution in [0.15, 0.2) is 53.4 Å². The van der Waals surface area contributed by atoms with Gasteiger partial charge in [-0.1, -0.05) is 48.0 Å². The molecule has 0 spiro atoms. The van der Waals surface area contributed by atoms with Crippen LogP contribution in [0.2, 0.25) is 0 Å². The molecule has 1 fully saturated rings. The number of piperidine rings is 1. The molecule has 3 atom stereocenters. The summed E-state index contributed by atoms with van der Waals surface area (Å²) in [5.74, 6) is 0.111. The summed E-state index contributed by atoms with van der Waals surface area (Å²) in [6.45, 7) is 7.36. The summed E-state index contributed by atoms with van der Waals surface area (Å²) < 4.78 is 0. The maximum absolute atomic E-state index is 13.1. The summed E-state index contributed by atoms with van der Waals surface area (Å²) in [5, 5.41) is 6.51. The third-order valence-corrected chi connectivity index (χ3v) is 6.32. The van der Waals surface area contributed by atoms with Gasteiger partial charge in [0.2, 0.25) is 5.91 Å². The number of hydrogen-bond acceptors (Lipinski definition) is 3. The normalized spacial score (nSPS) is 20.4. The first-order chi connectivity index (χ1) is 12.5. The predicted molar refractivity (Wildman–Crippen MR) is 117 cm³/mol. The minimum absolute atomic E-state index is 0. The second kappa shape index (κ2) is 10.2. The van der Waals surface area contributed by atoms with E-state index in [2.05, 4.69) is 49.6 Å². The number of hydrogen-bond donors (Lipinski definition) is 2. The number of carbonyl (C=O) groups excluding carboxylic acids is 1. The highest BCUT2D eigenvalue weighted by Gasteiger charge is 2.27. The third-order valence-electron chi connectivity index (χ3n) is 4.89. The number of amides is 1. The first-order valence-corrected chi connectivity index (χ1v) is 10.2. The number of aryl methyl sites for hydroxylation is 2. The Kier molecular flexibility index (Phi) is 8.21. The van der Waals surface area contributed by atoms with Crippen LogP contribution in [0, 0.1) is 13.8 Å². The molecule has 5 heteroatoms. The third kappa shape index (κ3) is 6.00. The number of halogens is 1. The Bertz CT molecular complexity index is 753. The zero-order chi connectivity index (χ0) is 18.5. The fourth-order valence-electron chi connectivity index (χ4n) is 3.50. The summed E-state index contributed by atoms with van der Waals surface area (Å²) in [7, 11) is 0. The van der Waals surface area contributed by atoms with Crippen LogP contribution in [0.25, 0.3) is 0 Å². The second-order valence-corrected chi connectivity index (χ2v) is 8.41. The van der Waals surface area contributed by atoms with E-state index in [-0.39, 0.29) is 29.6 Å². The lowest BCUT2D eigenvalue weighted by Crippen LogP contribution is -2.47. The standard InChI is InChI=1S/C22H28N2OS.ClH/c1-15-9-10-20(16(2)13-15)26-21(18-7-5-4-6-8-18)22(25)24-19-11-12-23-17(3)14-19;/h4-10,13,17,19,21,23H,11-12,14H2,1-3H3,(H,24,25);1H. The molecule has 3 rings (SSSR count). The maximum Gasteiger partial charge on any atom is 0.238 e. The highest BCUT2D eigenvalue weighted by atomic mass is 35.5. The van der Waals surface area contributed by atoms with Gasteiger partial charge in [0.15, 0.2) is 0 Å². The molecule has 1 amide bonds. The van der Waals surface area contributed by atoms with Gasteiger partial charge < -0.3 is 10.6 Å². The van der Waals surface area contributed by atoms with Crippen molar-refractivity contribution in [1.82, 2.24) is 10.6 Å². The van der Waals surface area contributed by atoms with Crippen molar-refractivity contribution in [2.75, 3.05) is 6.54 Å². The van der Waals surface area contributed by atoms with Crippen molar-refractivity contribution < 1.29 is 4.79 Å². The van der Waals surface area contributed by atoms with Gasteiger partial charge in [0.25, 0.3) is 0 Å². The quantitative estimate of drug-likeness (QED) is 0.702. The minimum atomic E-state index is -0.234. The van der Waals surface area contributed by atoms with Crippen molar-refractivity contribution in [2.24, 2.45) is 0 Å². The Morgan fingerprint density at radius 2 is 1.93 bits per heavy atom. The Morgan fingerprint density at radius 3 is 2.59 bits per heavy atom. The first kappa shape index (κ1) is 21.8. The molecule has 1 heterocycles. The molecule has 0 bridgehead atoms. The molecule has 1 aliphatic heterocycles. The molecule has 27 heavy (non-hydrogen) atoms. The summed E-state index contributed by atoms with van der Waals surface area (Å²) in [4.78, 5) is 14.3. The molecular formula is C22H29ClN2OS.